The summed E-state index contributed by atoms with van der Waals surface area (Å²) in [4.78, 5) is 13.2. The second-order valence-corrected chi connectivity index (χ2v) is 19.8. The molecule has 5 aliphatic carbocycles. The second kappa shape index (κ2) is 16.8. The number of carbonyl (C=O) groups is 1. The molecule has 0 aromatic heterocycles. The maximum Gasteiger partial charge on any atom is 0.306 e. The van der Waals surface area contributed by atoms with Crippen LogP contribution in [0.2, 0.25) is 0 Å². The lowest BCUT2D eigenvalue weighted by atomic mass is 9.41. The molecule has 0 aromatic rings. The second-order valence-electron chi connectivity index (χ2n) is 19.8. The van der Waals surface area contributed by atoms with Crippen LogP contribution < -0.4 is 0 Å². The molecular weight excluding hydrogens is 609 g/mol. The van der Waals surface area contributed by atoms with Gasteiger partial charge in [-0.2, -0.15) is 0 Å². The fourth-order valence-corrected chi connectivity index (χ4v) is 13.6. The van der Waals surface area contributed by atoms with Crippen LogP contribution in [0.1, 0.15) is 203 Å². The quantitative estimate of drug-likeness (QED) is 0.0767. The number of ether oxygens (including phenoxy) is 1. The van der Waals surface area contributed by atoms with Crippen LogP contribution in [-0.2, 0) is 9.53 Å². The van der Waals surface area contributed by atoms with E-state index in [1.165, 1.54) is 121 Å². The third-order valence-electron chi connectivity index (χ3n) is 16.6. The van der Waals surface area contributed by atoms with Gasteiger partial charge in [0.25, 0.3) is 0 Å². The number of hydrogen-bond acceptors (Lipinski definition) is 2. The molecule has 0 aromatic carbocycles. The van der Waals surface area contributed by atoms with Gasteiger partial charge in [0.1, 0.15) is 6.10 Å². The molecule has 284 valence electrons. The number of carbonyl (C=O) groups excluding carboxylic acids is 1. The van der Waals surface area contributed by atoms with Crippen LogP contribution in [-0.4, -0.2) is 12.1 Å². The molecule has 0 N–H and O–H groups in total. The number of fused-ring (bicyclic) bond motifs is 2. The van der Waals surface area contributed by atoms with Gasteiger partial charge in [0.15, 0.2) is 0 Å². The number of rotatable bonds is 19. The summed E-state index contributed by atoms with van der Waals surface area (Å²) < 4.78 is 6.41. The minimum Gasteiger partial charge on any atom is -0.462 e. The largest absolute Gasteiger partial charge is 0.462 e. The van der Waals surface area contributed by atoms with Gasteiger partial charge in [-0.25, -0.2) is 0 Å². The van der Waals surface area contributed by atoms with Crippen molar-refractivity contribution in [2.75, 3.05) is 0 Å². The first kappa shape index (κ1) is 39.9. The van der Waals surface area contributed by atoms with Gasteiger partial charge in [-0.1, -0.05) is 110 Å². The lowest BCUT2D eigenvalue weighted by Gasteiger charge is -2.63. The third kappa shape index (κ3) is 7.81. The number of allylic oxidation sites excluding steroid dienone is 6. The van der Waals surface area contributed by atoms with Gasteiger partial charge in [-0.05, 0) is 168 Å². The van der Waals surface area contributed by atoms with Crippen molar-refractivity contribution >= 4 is 5.97 Å². The average Bonchev–Trinajstić information content (AvgIpc) is 3.65. The predicted octanol–water partition coefficient (Wildman–Crippen LogP) is 14.5. The molecule has 5 rings (SSSR count). The van der Waals surface area contributed by atoms with Crippen LogP contribution in [0.15, 0.2) is 36.0 Å². The standard InChI is InChI=1S/C48H80O2/c1-9-10-11-12-13-14-15-16-17-18-19-20-21-22-23-27-43(49)50-42-31-33-47-36-48(47)35-34-45(7)39(38(4)26-24-25-37(2)3)30-32-46(45,8)41(48)29-28-40(47)44(42,5)6/h13-14,16-17,25,38-42H,9-12,15,18-24,26-36H2,1-8H3. The van der Waals surface area contributed by atoms with Crippen molar-refractivity contribution in [2.24, 2.45) is 50.7 Å². The predicted molar refractivity (Wildman–Crippen MR) is 214 cm³/mol. The highest BCUT2D eigenvalue weighted by Crippen LogP contribution is 2.89. The summed E-state index contributed by atoms with van der Waals surface area (Å²) in [6, 6.07) is 0. The van der Waals surface area contributed by atoms with Crippen molar-refractivity contribution in [3.05, 3.63) is 36.0 Å². The number of unbranched alkanes of at least 4 members (excludes halogenated alkanes) is 8. The Hall–Kier alpha value is -1.31. The molecule has 50 heavy (non-hydrogen) atoms. The normalized spacial score (nSPS) is 37.5. The highest BCUT2D eigenvalue weighted by molar-refractivity contribution is 5.69. The molecule has 5 fully saturated rings. The van der Waals surface area contributed by atoms with Crippen molar-refractivity contribution in [2.45, 2.75) is 209 Å². The molecule has 2 heteroatoms. The summed E-state index contributed by atoms with van der Waals surface area (Å²) in [6.45, 7) is 19.8. The number of hydrogen-bond donors (Lipinski definition) is 0. The fourth-order valence-electron chi connectivity index (χ4n) is 13.6. The maximum absolute atomic E-state index is 13.2. The Morgan fingerprint density at radius 2 is 1.38 bits per heavy atom. The number of esters is 1. The Kier molecular flexibility index (Phi) is 13.4. The van der Waals surface area contributed by atoms with Crippen LogP contribution in [0, 0.1) is 50.7 Å². The lowest BCUT2D eigenvalue weighted by molar-refractivity contribution is -0.183. The molecule has 9 atom stereocenters. The van der Waals surface area contributed by atoms with E-state index in [-0.39, 0.29) is 17.5 Å². The highest BCUT2D eigenvalue weighted by Gasteiger charge is 2.82. The molecule has 2 spiro atoms. The topological polar surface area (TPSA) is 26.3 Å². The average molecular weight is 689 g/mol. The molecule has 5 aliphatic rings. The SMILES string of the molecule is CCCCCC=CCC=CCCCCCCCC(=O)OC1CCC23CC24CCC2(C)C(C(C)CCC=C(C)C)CCC2(C)C4CCC3C1(C)C. The first-order chi connectivity index (χ1) is 23.9. The van der Waals surface area contributed by atoms with Crippen molar-refractivity contribution in [3.8, 4) is 0 Å². The van der Waals surface area contributed by atoms with Crippen LogP contribution in [0.25, 0.3) is 0 Å². The van der Waals surface area contributed by atoms with E-state index < -0.39 is 0 Å². The van der Waals surface area contributed by atoms with Gasteiger partial charge in [0, 0.05) is 11.8 Å². The molecular formula is C48H80O2. The van der Waals surface area contributed by atoms with E-state index in [2.05, 4.69) is 85.8 Å². The Morgan fingerprint density at radius 3 is 2.10 bits per heavy atom. The highest BCUT2D eigenvalue weighted by atomic mass is 16.5. The van der Waals surface area contributed by atoms with Gasteiger partial charge in [-0.15, -0.1) is 0 Å². The van der Waals surface area contributed by atoms with Crippen LogP contribution in [0.5, 0.6) is 0 Å². The monoisotopic (exact) mass is 689 g/mol. The summed E-state index contributed by atoms with van der Waals surface area (Å²) in [5.74, 6) is 3.38. The van der Waals surface area contributed by atoms with Crippen molar-refractivity contribution in [3.63, 3.8) is 0 Å². The third-order valence-corrected chi connectivity index (χ3v) is 16.6. The molecule has 0 heterocycles. The van der Waals surface area contributed by atoms with Gasteiger partial charge < -0.3 is 4.74 Å². The summed E-state index contributed by atoms with van der Waals surface area (Å²) in [7, 11) is 0. The molecule has 9 unspecified atom stereocenters. The minimum atomic E-state index is 0.0700. The Bertz CT molecular complexity index is 1200. The first-order valence-corrected chi connectivity index (χ1v) is 22.0. The summed E-state index contributed by atoms with van der Waals surface area (Å²) in [6.07, 6.45) is 40.9. The lowest BCUT2D eigenvalue weighted by Crippen LogP contribution is -2.58. The zero-order valence-corrected chi connectivity index (χ0v) is 34.4. The first-order valence-electron chi connectivity index (χ1n) is 22.0. The minimum absolute atomic E-state index is 0.0700. The van der Waals surface area contributed by atoms with Crippen LogP contribution >= 0.6 is 0 Å². The van der Waals surface area contributed by atoms with Crippen molar-refractivity contribution < 1.29 is 9.53 Å². The van der Waals surface area contributed by atoms with E-state index >= 15 is 0 Å². The van der Waals surface area contributed by atoms with E-state index in [9.17, 15) is 4.79 Å². The molecule has 0 amide bonds. The van der Waals surface area contributed by atoms with E-state index in [1.54, 1.807) is 0 Å². The van der Waals surface area contributed by atoms with Crippen LogP contribution in [0.3, 0.4) is 0 Å². The van der Waals surface area contributed by atoms with Crippen molar-refractivity contribution in [1.29, 1.82) is 0 Å². The molecule has 0 bridgehead atoms. The molecule has 5 saturated carbocycles. The van der Waals surface area contributed by atoms with E-state index in [0.29, 0.717) is 34.0 Å². The zero-order valence-electron chi connectivity index (χ0n) is 34.4. The smallest absolute Gasteiger partial charge is 0.306 e. The molecule has 2 nitrogen and oxygen atoms in total. The molecule has 0 aliphatic heterocycles. The van der Waals surface area contributed by atoms with E-state index in [0.717, 1.165) is 43.4 Å². The van der Waals surface area contributed by atoms with Gasteiger partial charge in [0.05, 0.1) is 0 Å². The van der Waals surface area contributed by atoms with Gasteiger partial charge in [0.2, 0.25) is 0 Å². The maximum atomic E-state index is 13.2. The van der Waals surface area contributed by atoms with Gasteiger partial charge in [-0.3, -0.25) is 4.79 Å². The van der Waals surface area contributed by atoms with E-state index in [1.807, 2.05) is 0 Å². The van der Waals surface area contributed by atoms with Gasteiger partial charge >= 0.3 is 5.97 Å². The molecule has 0 radical (unpaired) electrons. The van der Waals surface area contributed by atoms with Crippen molar-refractivity contribution in [1.82, 2.24) is 0 Å². The van der Waals surface area contributed by atoms with Crippen LogP contribution in [0.4, 0.5) is 0 Å². The Labute approximate surface area is 310 Å². The Morgan fingerprint density at radius 1 is 0.720 bits per heavy atom. The summed E-state index contributed by atoms with van der Waals surface area (Å²) in [5.41, 5.74) is 3.62. The molecule has 0 saturated heterocycles. The Balaban J connectivity index is 1.05. The fraction of sp³-hybridized carbons (Fsp3) is 0.854. The summed E-state index contributed by atoms with van der Waals surface area (Å²) in [5, 5.41) is 0. The summed E-state index contributed by atoms with van der Waals surface area (Å²) >= 11 is 0. The zero-order chi connectivity index (χ0) is 36.0. The van der Waals surface area contributed by atoms with E-state index in [4.69, 9.17) is 4.74 Å².